The molecule has 0 bridgehead atoms. The van der Waals surface area contributed by atoms with Crippen LogP contribution in [0.25, 0.3) is 0 Å². The molecule has 7 nitrogen and oxygen atoms in total. The van der Waals surface area contributed by atoms with Gasteiger partial charge >= 0.3 is 6.03 Å². The molecule has 2 aromatic rings. The second kappa shape index (κ2) is 8.88. The van der Waals surface area contributed by atoms with Crippen LogP contribution in [0.1, 0.15) is 11.1 Å². The van der Waals surface area contributed by atoms with Gasteiger partial charge in [-0.1, -0.05) is 35.9 Å². The van der Waals surface area contributed by atoms with Gasteiger partial charge in [-0.05, 0) is 36.4 Å². The van der Waals surface area contributed by atoms with Crippen LogP contribution in [0.2, 0.25) is 5.02 Å². The third-order valence-electron chi connectivity index (χ3n) is 3.55. The molecule has 0 aliphatic rings. The molecule has 140 valence electrons. The van der Waals surface area contributed by atoms with Gasteiger partial charge in [0.15, 0.2) is 0 Å². The standard InChI is InChI=1S/C17H20ClN3O4S/c1-19-26(23,24)11-13-5-3-12(4-6-13)10-20-17(22)21-15-9-14(18)7-8-16(15)25-2/h3-9,19H,10-11H2,1-2H3,(H2,20,21,22). The quantitative estimate of drug-likeness (QED) is 0.669. The Morgan fingerprint density at radius 2 is 1.77 bits per heavy atom. The van der Waals surface area contributed by atoms with Crippen molar-refractivity contribution in [2.24, 2.45) is 0 Å². The summed E-state index contributed by atoms with van der Waals surface area (Å²) in [6.45, 7) is 0.285. The van der Waals surface area contributed by atoms with Crippen LogP contribution in [-0.4, -0.2) is 28.6 Å². The molecule has 26 heavy (non-hydrogen) atoms. The van der Waals surface area contributed by atoms with Gasteiger partial charge in [0.2, 0.25) is 10.0 Å². The summed E-state index contributed by atoms with van der Waals surface area (Å²) in [5.74, 6) is 0.409. The monoisotopic (exact) mass is 397 g/mol. The minimum atomic E-state index is -3.31. The zero-order valence-electron chi connectivity index (χ0n) is 14.4. The van der Waals surface area contributed by atoms with Crippen LogP contribution in [0, 0.1) is 0 Å². The van der Waals surface area contributed by atoms with Crippen LogP contribution >= 0.6 is 11.6 Å². The Bertz CT molecular complexity index is 870. The Labute approximate surface area is 157 Å². The van der Waals surface area contributed by atoms with Crippen LogP contribution in [0.15, 0.2) is 42.5 Å². The first kappa shape index (κ1) is 20.0. The van der Waals surface area contributed by atoms with E-state index in [-0.39, 0.29) is 12.3 Å². The van der Waals surface area contributed by atoms with E-state index in [0.717, 1.165) is 5.56 Å². The lowest BCUT2D eigenvalue weighted by Gasteiger charge is -2.12. The van der Waals surface area contributed by atoms with Gasteiger partial charge in [-0.3, -0.25) is 0 Å². The number of halogens is 1. The number of sulfonamides is 1. The van der Waals surface area contributed by atoms with Crippen molar-refractivity contribution in [3.63, 3.8) is 0 Å². The zero-order valence-corrected chi connectivity index (χ0v) is 15.9. The average Bonchev–Trinajstić information content (AvgIpc) is 2.61. The fourth-order valence-corrected chi connectivity index (χ4v) is 3.12. The van der Waals surface area contributed by atoms with Crippen molar-refractivity contribution in [3.05, 3.63) is 58.6 Å². The molecule has 0 aliphatic heterocycles. The summed E-state index contributed by atoms with van der Waals surface area (Å²) in [4.78, 5) is 12.1. The summed E-state index contributed by atoms with van der Waals surface area (Å²) < 4.78 is 30.5. The molecule has 2 aromatic carbocycles. The molecule has 2 rings (SSSR count). The molecule has 9 heteroatoms. The molecule has 2 amide bonds. The summed E-state index contributed by atoms with van der Waals surface area (Å²) >= 11 is 5.93. The number of hydrogen-bond acceptors (Lipinski definition) is 4. The van der Waals surface area contributed by atoms with Crippen molar-refractivity contribution >= 4 is 33.3 Å². The maximum atomic E-state index is 12.1. The Morgan fingerprint density at radius 1 is 1.12 bits per heavy atom. The van der Waals surface area contributed by atoms with E-state index in [1.807, 2.05) is 0 Å². The van der Waals surface area contributed by atoms with Crippen LogP contribution in [0.4, 0.5) is 10.5 Å². The van der Waals surface area contributed by atoms with Crippen molar-refractivity contribution in [1.82, 2.24) is 10.0 Å². The van der Waals surface area contributed by atoms with E-state index < -0.39 is 16.1 Å². The number of urea groups is 1. The molecule has 0 saturated carbocycles. The van der Waals surface area contributed by atoms with Crippen LogP contribution in [0.5, 0.6) is 5.75 Å². The van der Waals surface area contributed by atoms with Crippen LogP contribution in [-0.2, 0) is 22.3 Å². The van der Waals surface area contributed by atoms with Gasteiger partial charge in [-0.15, -0.1) is 0 Å². The van der Waals surface area contributed by atoms with E-state index in [1.54, 1.807) is 42.5 Å². The van der Waals surface area contributed by atoms with Gasteiger partial charge in [-0.25, -0.2) is 17.9 Å². The highest BCUT2D eigenvalue weighted by Crippen LogP contribution is 2.27. The van der Waals surface area contributed by atoms with Gasteiger partial charge in [0.05, 0.1) is 18.6 Å². The predicted molar refractivity (Wildman–Crippen MR) is 102 cm³/mol. The molecule has 0 saturated heterocycles. The summed E-state index contributed by atoms with van der Waals surface area (Å²) in [7, 11) is -0.430. The second-order valence-electron chi connectivity index (χ2n) is 5.43. The summed E-state index contributed by atoms with van der Waals surface area (Å²) in [5, 5.41) is 5.87. The predicted octanol–water partition coefficient (Wildman–Crippen LogP) is 2.72. The molecule has 0 aliphatic carbocycles. The molecule has 0 atom stereocenters. The summed E-state index contributed by atoms with van der Waals surface area (Å²) in [6, 6.07) is 11.5. The third-order valence-corrected chi connectivity index (χ3v) is 5.12. The molecule has 0 aromatic heterocycles. The first-order valence-electron chi connectivity index (χ1n) is 7.70. The van der Waals surface area contributed by atoms with Gasteiger partial charge < -0.3 is 15.4 Å². The number of rotatable bonds is 7. The van der Waals surface area contributed by atoms with Crippen LogP contribution < -0.4 is 20.1 Å². The van der Waals surface area contributed by atoms with Crippen molar-refractivity contribution in [2.45, 2.75) is 12.3 Å². The largest absolute Gasteiger partial charge is 0.495 e. The highest BCUT2D eigenvalue weighted by atomic mass is 35.5. The highest BCUT2D eigenvalue weighted by molar-refractivity contribution is 7.88. The maximum absolute atomic E-state index is 12.1. The number of carbonyl (C=O) groups is 1. The minimum Gasteiger partial charge on any atom is -0.495 e. The molecule has 0 unspecified atom stereocenters. The van der Waals surface area contributed by atoms with E-state index in [2.05, 4.69) is 15.4 Å². The summed E-state index contributed by atoms with van der Waals surface area (Å²) in [6.07, 6.45) is 0. The smallest absolute Gasteiger partial charge is 0.319 e. The zero-order chi connectivity index (χ0) is 19.2. The van der Waals surface area contributed by atoms with E-state index in [0.29, 0.717) is 22.0 Å². The Morgan fingerprint density at radius 3 is 2.38 bits per heavy atom. The molecule has 0 spiro atoms. The fourth-order valence-electron chi connectivity index (χ4n) is 2.17. The average molecular weight is 398 g/mol. The number of methoxy groups -OCH3 is 1. The van der Waals surface area contributed by atoms with E-state index in [1.165, 1.54) is 14.2 Å². The lowest BCUT2D eigenvalue weighted by atomic mass is 10.1. The molecular weight excluding hydrogens is 378 g/mol. The highest BCUT2D eigenvalue weighted by Gasteiger charge is 2.10. The molecule has 0 heterocycles. The first-order valence-corrected chi connectivity index (χ1v) is 9.73. The number of nitrogens with one attached hydrogen (secondary N) is 3. The number of amides is 2. The van der Waals surface area contributed by atoms with Crippen molar-refractivity contribution in [1.29, 1.82) is 0 Å². The number of ether oxygens (including phenoxy) is 1. The minimum absolute atomic E-state index is 0.0910. The van der Waals surface area contributed by atoms with Gasteiger partial charge in [0.1, 0.15) is 5.75 Å². The Hall–Kier alpha value is -2.29. The molecule has 0 radical (unpaired) electrons. The number of carbonyl (C=O) groups excluding carboxylic acids is 1. The van der Waals surface area contributed by atoms with Gasteiger partial charge in [0, 0.05) is 11.6 Å². The first-order chi connectivity index (χ1) is 12.3. The summed E-state index contributed by atoms with van der Waals surface area (Å²) in [5.41, 5.74) is 1.96. The fraction of sp³-hybridized carbons (Fsp3) is 0.235. The third kappa shape index (κ3) is 5.91. The van der Waals surface area contributed by atoms with Gasteiger partial charge in [0.25, 0.3) is 0 Å². The van der Waals surface area contributed by atoms with Crippen molar-refractivity contribution < 1.29 is 17.9 Å². The van der Waals surface area contributed by atoms with E-state index in [9.17, 15) is 13.2 Å². The lowest BCUT2D eigenvalue weighted by Crippen LogP contribution is -2.28. The van der Waals surface area contributed by atoms with E-state index in [4.69, 9.17) is 16.3 Å². The number of hydrogen-bond donors (Lipinski definition) is 3. The second-order valence-corrected chi connectivity index (χ2v) is 7.79. The number of benzene rings is 2. The topological polar surface area (TPSA) is 96.5 Å². The van der Waals surface area contributed by atoms with Crippen molar-refractivity contribution in [2.75, 3.05) is 19.5 Å². The number of anilines is 1. The maximum Gasteiger partial charge on any atom is 0.319 e. The Balaban J connectivity index is 1.92. The lowest BCUT2D eigenvalue weighted by molar-refractivity contribution is 0.251. The SMILES string of the molecule is CNS(=O)(=O)Cc1ccc(CNC(=O)Nc2cc(Cl)ccc2OC)cc1. The normalized spacial score (nSPS) is 11.0. The molecular formula is C17H20ClN3O4S. The molecule has 3 N–H and O–H groups in total. The van der Waals surface area contributed by atoms with Crippen LogP contribution in [0.3, 0.4) is 0 Å². The Kier molecular flexibility index (Phi) is 6.84. The molecule has 0 fully saturated rings. The van der Waals surface area contributed by atoms with Gasteiger partial charge in [-0.2, -0.15) is 0 Å². The van der Waals surface area contributed by atoms with Crippen molar-refractivity contribution in [3.8, 4) is 5.75 Å². The van der Waals surface area contributed by atoms with E-state index >= 15 is 0 Å².